The maximum Gasteiger partial charge on any atom is 0.255 e. The molecular weight excluding hydrogens is 280 g/mol. The Morgan fingerprint density at radius 1 is 1.59 bits per heavy atom. The summed E-state index contributed by atoms with van der Waals surface area (Å²) in [4.78, 5) is 18.2. The van der Waals surface area contributed by atoms with Gasteiger partial charge in [0.25, 0.3) is 5.91 Å². The first kappa shape index (κ1) is 12.6. The number of pyridine rings is 1. The van der Waals surface area contributed by atoms with Crippen molar-refractivity contribution in [1.29, 1.82) is 0 Å². The minimum Gasteiger partial charge on any atom is -0.338 e. The van der Waals surface area contributed by atoms with E-state index < -0.39 is 0 Å². The molecule has 1 saturated heterocycles. The van der Waals surface area contributed by atoms with Crippen LogP contribution in [0.15, 0.2) is 22.9 Å². The van der Waals surface area contributed by atoms with Gasteiger partial charge in [0.15, 0.2) is 0 Å². The van der Waals surface area contributed by atoms with Crippen molar-refractivity contribution in [2.45, 2.75) is 26.2 Å². The molecule has 17 heavy (non-hydrogen) atoms. The summed E-state index contributed by atoms with van der Waals surface area (Å²) < 4.78 is 0.854. The highest BCUT2D eigenvalue weighted by atomic mass is 79.9. The monoisotopic (exact) mass is 296 g/mol. The minimum absolute atomic E-state index is 0.109. The highest BCUT2D eigenvalue weighted by Gasteiger charge is 2.26. The maximum absolute atomic E-state index is 12.2. The molecular formula is C13H17BrN2O. The lowest BCUT2D eigenvalue weighted by Crippen LogP contribution is -2.28. The zero-order valence-corrected chi connectivity index (χ0v) is 11.6. The molecule has 0 radical (unpaired) electrons. The van der Waals surface area contributed by atoms with Crippen molar-refractivity contribution in [3.05, 3.63) is 28.5 Å². The molecule has 0 bridgehead atoms. The predicted molar refractivity (Wildman–Crippen MR) is 70.9 cm³/mol. The van der Waals surface area contributed by atoms with Gasteiger partial charge < -0.3 is 4.90 Å². The number of nitrogens with zero attached hydrogens (tertiary/aromatic N) is 2. The zero-order chi connectivity index (χ0) is 12.3. The highest BCUT2D eigenvalue weighted by molar-refractivity contribution is 9.10. The summed E-state index contributed by atoms with van der Waals surface area (Å²) >= 11 is 3.34. The van der Waals surface area contributed by atoms with Crippen LogP contribution < -0.4 is 0 Å². The number of likely N-dealkylation sites (tertiary alicyclic amines) is 1. The van der Waals surface area contributed by atoms with Gasteiger partial charge in [0.1, 0.15) is 0 Å². The Morgan fingerprint density at radius 3 is 3.12 bits per heavy atom. The Labute approximate surface area is 110 Å². The van der Waals surface area contributed by atoms with Crippen molar-refractivity contribution in [3.63, 3.8) is 0 Å². The number of aromatic nitrogens is 1. The van der Waals surface area contributed by atoms with Crippen molar-refractivity contribution < 1.29 is 4.79 Å². The molecule has 2 rings (SSSR count). The van der Waals surface area contributed by atoms with E-state index in [0.717, 1.165) is 24.0 Å². The second-order valence-corrected chi connectivity index (χ2v) is 5.50. The molecule has 1 aliphatic heterocycles. The largest absolute Gasteiger partial charge is 0.338 e. The van der Waals surface area contributed by atoms with E-state index in [-0.39, 0.29) is 5.91 Å². The lowest BCUT2D eigenvalue weighted by Gasteiger charge is -2.16. The van der Waals surface area contributed by atoms with Gasteiger partial charge in [0, 0.05) is 30.0 Å². The van der Waals surface area contributed by atoms with Gasteiger partial charge in [-0.25, -0.2) is 0 Å². The zero-order valence-electron chi connectivity index (χ0n) is 10.0. The van der Waals surface area contributed by atoms with Gasteiger partial charge in [-0.15, -0.1) is 0 Å². The van der Waals surface area contributed by atoms with Crippen LogP contribution in [0.1, 0.15) is 36.5 Å². The Bertz CT molecular complexity index is 408. The standard InChI is InChI=1S/C13H17BrN2O/c1-2-3-10-4-5-16(9-10)13(17)11-6-12(14)8-15-7-11/h6-8,10H,2-5,9H2,1H3. The van der Waals surface area contributed by atoms with Crippen molar-refractivity contribution in [3.8, 4) is 0 Å². The maximum atomic E-state index is 12.2. The summed E-state index contributed by atoms with van der Waals surface area (Å²) in [5.41, 5.74) is 0.677. The van der Waals surface area contributed by atoms with Crippen LogP contribution in [-0.4, -0.2) is 28.9 Å². The molecule has 1 fully saturated rings. The normalized spacial score (nSPS) is 19.6. The number of amides is 1. The van der Waals surface area contributed by atoms with E-state index in [1.807, 2.05) is 11.0 Å². The van der Waals surface area contributed by atoms with Crippen LogP contribution in [0.2, 0.25) is 0 Å². The molecule has 0 N–H and O–H groups in total. The first-order valence-electron chi connectivity index (χ1n) is 6.10. The van der Waals surface area contributed by atoms with E-state index in [1.54, 1.807) is 12.4 Å². The molecule has 3 nitrogen and oxygen atoms in total. The van der Waals surface area contributed by atoms with E-state index in [1.165, 1.54) is 12.8 Å². The molecule has 2 heterocycles. The fourth-order valence-corrected chi connectivity index (χ4v) is 2.74. The molecule has 92 valence electrons. The number of carbonyl (C=O) groups excluding carboxylic acids is 1. The van der Waals surface area contributed by atoms with Gasteiger partial charge in [0.2, 0.25) is 0 Å². The molecule has 1 amide bonds. The lowest BCUT2D eigenvalue weighted by atomic mass is 10.0. The van der Waals surface area contributed by atoms with Crippen molar-refractivity contribution in [1.82, 2.24) is 9.88 Å². The third-order valence-electron chi connectivity index (χ3n) is 3.22. The molecule has 0 saturated carbocycles. The van der Waals surface area contributed by atoms with Crippen LogP contribution in [0.5, 0.6) is 0 Å². The number of halogens is 1. The first-order valence-corrected chi connectivity index (χ1v) is 6.90. The Balaban J connectivity index is 2.02. The fourth-order valence-electron chi connectivity index (χ4n) is 2.37. The van der Waals surface area contributed by atoms with Gasteiger partial charge >= 0.3 is 0 Å². The summed E-state index contributed by atoms with van der Waals surface area (Å²) in [6, 6.07) is 1.84. The molecule has 1 aromatic rings. The molecule has 0 spiro atoms. The van der Waals surface area contributed by atoms with Gasteiger partial charge in [0.05, 0.1) is 5.56 Å². The molecule has 0 aliphatic carbocycles. The van der Waals surface area contributed by atoms with E-state index >= 15 is 0 Å². The number of hydrogen-bond acceptors (Lipinski definition) is 2. The third kappa shape index (κ3) is 3.06. The first-order chi connectivity index (χ1) is 8.20. The topological polar surface area (TPSA) is 33.2 Å². The van der Waals surface area contributed by atoms with E-state index in [0.29, 0.717) is 11.5 Å². The number of carbonyl (C=O) groups is 1. The minimum atomic E-state index is 0.109. The average Bonchev–Trinajstić information content (AvgIpc) is 2.77. The molecule has 0 aromatic carbocycles. The summed E-state index contributed by atoms with van der Waals surface area (Å²) in [6.07, 6.45) is 6.90. The van der Waals surface area contributed by atoms with Gasteiger partial charge in [-0.2, -0.15) is 0 Å². The molecule has 1 aromatic heterocycles. The van der Waals surface area contributed by atoms with Crippen molar-refractivity contribution in [2.24, 2.45) is 5.92 Å². The van der Waals surface area contributed by atoms with Crippen LogP contribution in [0, 0.1) is 5.92 Å². The third-order valence-corrected chi connectivity index (χ3v) is 3.66. The van der Waals surface area contributed by atoms with Gasteiger partial charge in [-0.05, 0) is 40.8 Å². The van der Waals surface area contributed by atoms with E-state index in [2.05, 4.69) is 27.8 Å². The van der Waals surface area contributed by atoms with E-state index in [4.69, 9.17) is 0 Å². The summed E-state index contributed by atoms with van der Waals surface area (Å²) in [5, 5.41) is 0. The quantitative estimate of drug-likeness (QED) is 0.859. The average molecular weight is 297 g/mol. The predicted octanol–water partition coefficient (Wildman–Crippen LogP) is 3.11. The number of hydrogen-bond donors (Lipinski definition) is 0. The van der Waals surface area contributed by atoms with Crippen LogP contribution in [0.25, 0.3) is 0 Å². The highest BCUT2D eigenvalue weighted by Crippen LogP contribution is 2.22. The summed E-state index contributed by atoms with van der Waals surface area (Å²) in [6.45, 7) is 3.98. The van der Waals surface area contributed by atoms with Crippen LogP contribution in [0.3, 0.4) is 0 Å². The Morgan fingerprint density at radius 2 is 2.41 bits per heavy atom. The summed E-state index contributed by atoms with van der Waals surface area (Å²) in [5.74, 6) is 0.793. The van der Waals surface area contributed by atoms with Gasteiger partial charge in [-0.1, -0.05) is 13.3 Å². The summed E-state index contributed by atoms with van der Waals surface area (Å²) in [7, 11) is 0. The van der Waals surface area contributed by atoms with Gasteiger partial charge in [-0.3, -0.25) is 9.78 Å². The van der Waals surface area contributed by atoms with E-state index in [9.17, 15) is 4.79 Å². The molecule has 1 unspecified atom stereocenters. The van der Waals surface area contributed by atoms with Crippen LogP contribution >= 0.6 is 15.9 Å². The van der Waals surface area contributed by atoms with Crippen molar-refractivity contribution in [2.75, 3.05) is 13.1 Å². The second kappa shape index (κ2) is 5.63. The smallest absolute Gasteiger partial charge is 0.255 e. The fraction of sp³-hybridized carbons (Fsp3) is 0.538. The Hall–Kier alpha value is -0.900. The Kier molecular flexibility index (Phi) is 4.15. The van der Waals surface area contributed by atoms with Crippen LogP contribution in [-0.2, 0) is 0 Å². The van der Waals surface area contributed by atoms with Crippen LogP contribution in [0.4, 0.5) is 0 Å². The molecule has 1 aliphatic rings. The SMILES string of the molecule is CCCC1CCN(C(=O)c2cncc(Br)c2)C1. The number of rotatable bonds is 3. The second-order valence-electron chi connectivity index (χ2n) is 4.59. The lowest BCUT2D eigenvalue weighted by molar-refractivity contribution is 0.0786. The van der Waals surface area contributed by atoms with Crippen molar-refractivity contribution >= 4 is 21.8 Å². The molecule has 4 heteroatoms. The molecule has 1 atom stereocenters.